The minimum Gasteiger partial charge on any atom is -0.473 e. The van der Waals surface area contributed by atoms with E-state index in [9.17, 15) is 0 Å². The van der Waals surface area contributed by atoms with Crippen molar-refractivity contribution in [3.05, 3.63) is 60.2 Å². The summed E-state index contributed by atoms with van der Waals surface area (Å²) in [5.74, 6) is 0.994. The molecular formula is C28H35N9O. The van der Waals surface area contributed by atoms with Gasteiger partial charge in [-0.1, -0.05) is 19.9 Å². The molecule has 1 saturated heterocycles. The van der Waals surface area contributed by atoms with E-state index in [1.165, 1.54) is 6.33 Å². The number of anilines is 1. The third-order valence-electron chi connectivity index (χ3n) is 7.05. The van der Waals surface area contributed by atoms with Gasteiger partial charge in [-0.15, -0.1) is 10.2 Å². The van der Waals surface area contributed by atoms with Crippen LogP contribution in [0, 0.1) is 6.92 Å². The molecule has 0 radical (unpaired) electrons. The predicted octanol–water partition coefficient (Wildman–Crippen LogP) is 4.54. The van der Waals surface area contributed by atoms with Crippen LogP contribution < -0.4 is 10.5 Å². The van der Waals surface area contributed by atoms with Gasteiger partial charge in [0, 0.05) is 36.4 Å². The largest absolute Gasteiger partial charge is 0.473 e. The highest BCUT2D eigenvalue weighted by molar-refractivity contribution is 5.88. The Bertz CT molecular complexity index is 1530. The van der Waals surface area contributed by atoms with Gasteiger partial charge in [-0.3, -0.25) is 0 Å². The Kier molecular flexibility index (Phi) is 7.24. The first-order chi connectivity index (χ1) is 18.5. The second kappa shape index (κ2) is 10.7. The predicted molar refractivity (Wildman–Crippen MR) is 149 cm³/mol. The van der Waals surface area contributed by atoms with E-state index in [4.69, 9.17) is 15.6 Å². The number of ether oxygens (including phenoxy) is 1. The number of hydrogen-bond donors (Lipinski definition) is 1. The molecule has 6 rings (SSSR count). The Morgan fingerprint density at radius 1 is 1.05 bits per heavy atom. The van der Waals surface area contributed by atoms with Crippen LogP contribution in [-0.4, -0.2) is 65.5 Å². The summed E-state index contributed by atoms with van der Waals surface area (Å²) in [6, 6.07) is 12.0. The molecule has 1 fully saturated rings. The molecule has 0 saturated carbocycles. The van der Waals surface area contributed by atoms with E-state index in [0.717, 1.165) is 59.5 Å². The zero-order chi connectivity index (χ0) is 26.8. The minimum absolute atomic E-state index is 0.137. The molecule has 0 spiro atoms. The minimum atomic E-state index is -0.137. The maximum absolute atomic E-state index is 6.14. The summed E-state index contributed by atoms with van der Waals surface area (Å²) >= 11 is 0. The molecule has 0 amide bonds. The lowest BCUT2D eigenvalue weighted by molar-refractivity contribution is 0.109. The van der Waals surface area contributed by atoms with Gasteiger partial charge < -0.3 is 19.8 Å². The molecular weight excluding hydrogens is 478 g/mol. The highest BCUT2D eigenvalue weighted by atomic mass is 16.5. The number of aromatic nitrogens is 7. The first kappa shape index (κ1) is 25.6. The van der Waals surface area contributed by atoms with Gasteiger partial charge in [0.05, 0.1) is 22.8 Å². The topological polar surface area (TPSA) is 112 Å². The van der Waals surface area contributed by atoms with E-state index in [2.05, 4.69) is 55.6 Å². The molecule has 198 valence electrons. The second-order valence-electron chi connectivity index (χ2n) is 9.48. The molecule has 1 aliphatic heterocycles. The number of likely N-dealkylation sites (tertiary alicyclic amines) is 1. The summed E-state index contributed by atoms with van der Waals surface area (Å²) in [7, 11) is 2.14. The highest BCUT2D eigenvalue weighted by Gasteiger charge is 2.24. The lowest BCUT2D eigenvalue weighted by Crippen LogP contribution is -2.35. The van der Waals surface area contributed by atoms with Gasteiger partial charge in [0.1, 0.15) is 23.9 Å². The van der Waals surface area contributed by atoms with Crippen LogP contribution in [0.3, 0.4) is 0 Å². The van der Waals surface area contributed by atoms with Crippen LogP contribution in [0.1, 0.15) is 50.9 Å². The van der Waals surface area contributed by atoms with E-state index < -0.39 is 0 Å². The summed E-state index contributed by atoms with van der Waals surface area (Å²) in [5.41, 5.74) is 11.5. The quantitative estimate of drug-likeness (QED) is 0.365. The molecule has 2 N–H and O–H groups in total. The Hall–Kier alpha value is -4.05. The van der Waals surface area contributed by atoms with E-state index in [0.29, 0.717) is 17.3 Å². The number of rotatable bonds is 5. The van der Waals surface area contributed by atoms with Crippen molar-refractivity contribution in [2.45, 2.75) is 52.7 Å². The Morgan fingerprint density at radius 2 is 1.84 bits per heavy atom. The Labute approximate surface area is 222 Å². The van der Waals surface area contributed by atoms with E-state index >= 15 is 0 Å². The Morgan fingerprint density at radius 3 is 2.58 bits per heavy atom. The molecule has 0 aliphatic carbocycles. The summed E-state index contributed by atoms with van der Waals surface area (Å²) in [4.78, 5) is 11.0. The fourth-order valence-corrected chi connectivity index (χ4v) is 5.09. The normalized spacial score (nSPS) is 15.4. The van der Waals surface area contributed by atoms with E-state index in [-0.39, 0.29) is 12.1 Å². The van der Waals surface area contributed by atoms with Crippen molar-refractivity contribution in [3.63, 3.8) is 0 Å². The summed E-state index contributed by atoms with van der Waals surface area (Å²) < 4.78 is 10.2. The highest BCUT2D eigenvalue weighted by Crippen LogP contribution is 2.35. The molecule has 1 atom stereocenters. The monoisotopic (exact) mass is 513 g/mol. The molecule has 5 aromatic rings. The molecule has 5 aromatic heterocycles. The van der Waals surface area contributed by atoms with Gasteiger partial charge in [-0.25, -0.2) is 14.6 Å². The third kappa shape index (κ3) is 4.67. The lowest BCUT2D eigenvalue weighted by atomic mass is 10.1. The number of pyridine rings is 1. The zero-order valence-corrected chi connectivity index (χ0v) is 22.7. The van der Waals surface area contributed by atoms with Crippen LogP contribution in [0.2, 0.25) is 0 Å². The van der Waals surface area contributed by atoms with Crippen molar-refractivity contribution in [1.82, 2.24) is 39.2 Å². The smallest absolute Gasteiger partial charge is 0.233 e. The van der Waals surface area contributed by atoms with Crippen LogP contribution in [-0.2, 0) is 0 Å². The van der Waals surface area contributed by atoms with E-state index in [1.54, 1.807) is 0 Å². The molecule has 1 unspecified atom stereocenters. The van der Waals surface area contributed by atoms with Crippen LogP contribution in [0.25, 0.3) is 27.9 Å². The van der Waals surface area contributed by atoms with Gasteiger partial charge >= 0.3 is 0 Å². The van der Waals surface area contributed by atoms with Crippen molar-refractivity contribution in [1.29, 1.82) is 0 Å². The van der Waals surface area contributed by atoms with Gasteiger partial charge in [0.2, 0.25) is 5.88 Å². The summed E-state index contributed by atoms with van der Waals surface area (Å²) in [6.07, 6.45) is 5.69. The third-order valence-corrected chi connectivity index (χ3v) is 7.05. The van der Waals surface area contributed by atoms with Crippen LogP contribution >= 0.6 is 0 Å². The summed E-state index contributed by atoms with van der Waals surface area (Å²) in [5, 5.41) is 14.6. The fraction of sp³-hybridized carbons (Fsp3) is 0.393. The number of nitrogens with two attached hydrogens (primary N) is 1. The van der Waals surface area contributed by atoms with E-state index in [1.807, 2.05) is 55.9 Å². The fourth-order valence-electron chi connectivity index (χ4n) is 5.09. The summed E-state index contributed by atoms with van der Waals surface area (Å²) in [6.45, 7) is 10.1. The first-order valence-corrected chi connectivity index (χ1v) is 13.2. The van der Waals surface area contributed by atoms with Crippen molar-refractivity contribution < 1.29 is 4.74 Å². The molecule has 38 heavy (non-hydrogen) atoms. The standard InChI is InChI=1S/C26H29N9O.C2H6/c1-16-23-25(27)28-15-29-26(23)35(32-16)17(2)20-14-18-6-4-5-11-34(18)24(20)21-7-8-22(31-30-21)36-19-9-12-33(3)13-10-19;1-2/h4-8,11,14-15,17,19H,9-10,12-13H2,1-3H3,(H2,27,28,29);1-2H3. The van der Waals surface area contributed by atoms with Crippen molar-refractivity contribution in [3.8, 4) is 17.3 Å². The SMILES string of the molecule is CC.Cc1nn(C(C)c2cc3ccccn3c2-c2ccc(OC3CCN(C)CC3)nn2)c2ncnc(N)c12. The molecule has 10 heteroatoms. The van der Waals surface area contributed by atoms with Crippen LogP contribution in [0.4, 0.5) is 5.82 Å². The number of hydrogen-bond acceptors (Lipinski definition) is 8. The lowest BCUT2D eigenvalue weighted by Gasteiger charge is -2.28. The number of piperidine rings is 1. The maximum atomic E-state index is 6.14. The first-order valence-electron chi connectivity index (χ1n) is 13.2. The molecule has 0 bridgehead atoms. The molecule has 10 nitrogen and oxygen atoms in total. The molecule has 1 aliphatic rings. The van der Waals surface area contributed by atoms with Gasteiger partial charge in [0.15, 0.2) is 5.65 Å². The average molecular weight is 514 g/mol. The number of fused-ring (bicyclic) bond motifs is 2. The van der Waals surface area contributed by atoms with Crippen molar-refractivity contribution in [2.75, 3.05) is 25.9 Å². The second-order valence-corrected chi connectivity index (χ2v) is 9.48. The number of nitrogens with zero attached hydrogens (tertiary/aromatic N) is 8. The Balaban J connectivity index is 0.00000144. The van der Waals surface area contributed by atoms with Gasteiger partial charge in [-0.05, 0) is 58.0 Å². The maximum Gasteiger partial charge on any atom is 0.233 e. The van der Waals surface area contributed by atoms with Gasteiger partial charge in [-0.2, -0.15) is 5.10 Å². The average Bonchev–Trinajstić information content (AvgIpc) is 3.50. The van der Waals surface area contributed by atoms with Crippen molar-refractivity contribution >= 4 is 22.4 Å². The number of nitrogen functional groups attached to an aromatic ring is 1. The van der Waals surface area contributed by atoms with Crippen molar-refractivity contribution in [2.24, 2.45) is 0 Å². The molecule has 0 aromatic carbocycles. The number of aryl methyl sites for hydroxylation is 1. The zero-order valence-electron chi connectivity index (χ0n) is 22.7. The van der Waals surface area contributed by atoms with Crippen LogP contribution in [0.5, 0.6) is 5.88 Å². The van der Waals surface area contributed by atoms with Crippen LogP contribution in [0.15, 0.2) is 48.9 Å². The molecule has 6 heterocycles. The van der Waals surface area contributed by atoms with Gasteiger partial charge in [0.25, 0.3) is 0 Å².